The molecule has 148 valence electrons. The molecule has 0 radical (unpaired) electrons. The maximum atomic E-state index is 11.7. The zero-order valence-electron chi connectivity index (χ0n) is 16.7. The van der Waals surface area contributed by atoms with Gasteiger partial charge < -0.3 is 9.84 Å². The first kappa shape index (κ1) is 25.6. The second-order valence-electron chi connectivity index (χ2n) is 6.69. The third-order valence-electron chi connectivity index (χ3n) is 4.41. The van der Waals surface area contributed by atoms with Gasteiger partial charge >= 0.3 is 51.4 Å². The predicted octanol–water partition coefficient (Wildman–Crippen LogP) is 2.10. The fraction of sp³-hybridized carbons (Fsp3) is 0.429. The van der Waals surface area contributed by atoms with Crippen LogP contribution in [0.1, 0.15) is 57.4 Å². The Hall–Kier alpha value is -0.414. The van der Waals surface area contributed by atoms with Crippen LogP contribution >= 0.6 is 0 Å². The van der Waals surface area contributed by atoms with Crippen LogP contribution in [0.4, 0.5) is 0 Å². The Bertz CT molecular complexity index is 836. The van der Waals surface area contributed by atoms with Crippen molar-refractivity contribution in [3.8, 4) is 17.2 Å². The van der Waals surface area contributed by atoms with E-state index in [9.17, 15) is 13.5 Å². The molecule has 1 N–H and O–H groups in total. The molecule has 2 rings (SSSR count). The summed E-state index contributed by atoms with van der Waals surface area (Å²) < 4.78 is 37.5. The number of rotatable bonds is 11. The second-order valence-corrected chi connectivity index (χ2v) is 8.11. The van der Waals surface area contributed by atoms with E-state index in [1.165, 1.54) is 56.4 Å². The number of ether oxygens (including phenoxy) is 1. The molecular weight excluding hydrogens is 403 g/mol. The summed E-state index contributed by atoms with van der Waals surface area (Å²) in [5.74, 6) is 0.754. The molecule has 0 fully saturated rings. The van der Waals surface area contributed by atoms with Crippen LogP contribution in [0.2, 0.25) is 0 Å². The normalized spacial score (nSPS) is 11.1. The number of unbranched alkanes of at least 4 members (excludes halogenated alkanes) is 6. The minimum absolute atomic E-state index is 0. The van der Waals surface area contributed by atoms with Crippen LogP contribution in [-0.2, 0) is 16.5 Å². The monoisotopic (exact) mass is 430 g/mol. The average Bonchev–Trinajstić information content (AvgIpc) is 2.62. The largest absolute Gasteiger partial charge is 1.00 e. The Morgan fingerprint density at radius 3 is 2.32 bits per heavy atom. The minimum atomic E-state index is -4.29. The van der Waals surface area contributed by atoms with E-state index >= 15 is 0 Å². The van der Waals surface area contributed by atoms with E-state index in [0.29, 0.717) is 11.5 Å². The zero-order chi connectivity index (χ0) is 19.7. The topological polar surface area (TPSA) is 86.7 Å². The van der Waals surface area contributed by atoms with Crippen LogP contribution in [0.25, 0.3) is 0 Å². The summed E-state index contributed by atoms with van der Waals surface area (Å²) in [4.78, 5) is -0.228. The Morgan fingerprint density at radius 2 is 1.64 bits per heavy atom. The van der Waals surface area contributed by atoms with Crippen molar-refractivity contribution in [3.05, 3.63) is 48.0 Å². The van der Waals surface area contributed by atoms with Gasteiger partial charge in [-0.15, -0.1) is 5.75 Å². The molecule has 0 atom stereocenters. The molecule has 0 aliphatic carbocycles. The van der Waals surface area contributed by atoms with E-state index < -0.39 is 10.1 Å². The van der Waals surface area contributed by atoms with Gasteiger partial charge in [0.25, 0.3) is 10.1 Å². The first-order valence-electron chi connectivity index (χ1n) is 9.45. The first-order chi connectivity index (χ1) is 12.9. The molecule has 5 nitrogen and oxygen atoms in total. The van der Waals surface area contributed by atoms with Gasteiger partial charge in [0.15, 0.2) is 0 Å². The van der Waals surface area contributed by atoms with Gasteiger partial charge in [-0.2, -0.15) is 8.42 Å². The molecule has 0 heterocycles. The maximum Gasteiger partial charge on any atom is 1.00 e. The van der Waals surface area contributed by atoms with E-state index in [4.69, 9.17) is 9.29 Å². The molecule has 0 amide bonds. The molecule has 7 heteroatoms. The fourth-order valence-corrected chi connectivity index (χ4v) is 3.46. The van der Waals surface area contributed by atoms with Crippen molar-refractivity contribution in [3.63, 3.8) is 0 Å². The van der Waals surface area contributed by atoms with E-state index in [-0.39, 0.29) is 62.0 Å². The minimum Gasteiger partial charge on any atom is -0.872 e. The van der Waals surface area contributed by atoms with Crippen molar-refractivity contribution in [1.29, 1.82) is 0 Å². The average molecular weight is 431 g/mol. The zero-order valence-corrected chi connectivity index (χ0v) is 20.6. The van der Waals surface area contributed by atoms with Crippen molar-refractivity contribution >= 4 is 10.1 Å². The van der Waals surface area contributed by atoms with Gasteiger partial charge in [0.1, 0.15) is 11.5 Å². The summed E-state index contributed by atoms with van der Waals surface area (Å²) in [5.41, 5.74) is 0.813. The van der Waals surface area contributed by atoms with Crippen molar-refractivity contribution in [2.45, 2.75) is 63.2 Å². The third kappa shape index (κ3) is 8.94. The summed E-state index contributed by atoms with van der Waals surface area (Å²) in [6, 6.07) is 10.3. The summed E-state index contributed by atoms with van der Waals surface area (Å²) in [5, 5.41) is 11.7. The van der Waals surface area contributed by atoms with Gasteiger partial charge in [-0.25, -0.2) is 0 Å². The molecular formula is C21H27KO5S. The smallest absolute Gasteiger partial charge is 0.872 e. The fourth-order valence-electron chi connectivity index (χ4n) is 2.95. The molecule has 0 unspecified atom stereocenters. The molecule has 0 aliphatic heterocycles. The summed E-state index contributed by atoms with van der Waals surface area (Å²) in [6.45, 7) is 2.20. The van der Waals surface area contributed by atoms with Crippen LogP contribution < -0.4 is 61.2 Å². The molecule has 2 aromatic carbocycles. The van der Waals surface area contributed by atoms with Gasteiger partial charge in [0.05, 0.1) is 4.90 Å². The Morgan fingerprint density at radius 1 is 0.964 bits per heavy atom. The standard InChI is InChI=1S/C21H28O5S.K/c1-2-3-4-5-6-7-8-10-17-15-18(22)13-14-21(17)26-19-11-9-12-20(16-19)27(23,24)25;/h9,11-16,22H,2-8,10H2,1H3,(H,23,24,25);/q;+1/p-1. The van der Waals surface area contributed by atoms with Gasteiger partial charge in [-0.3, -0.25) is 4.55 Å². The van der Waals surface area contributed by atoms with Gasteiger partial charge in [0.2, 0.25) is 0 Å². The summed E-state index contributed by atoms with van der Waals surface area (Å²) in [7, 11) is -4.29. The summed E-state index contributed by atoms with van der Waals surface area (Å²) >= 11 is 0. The number of hydrogen-bond donors (Lipinski definition) is 1. The molecule has 0 bridgehead atoms. The van der Waals surface area contributed by atoms with E-state index in [1.54, 1.807) is 18.2 Å². The van der Waals surface area contributed by atoms with Crippen molar-refractivity contribution < 1.29 is 74.2 Å². The SMILES string of the molecule is CCCCCCCCCc1cc([O-])ccc1Oc1cccc(S(=O)(=O)O)c1.[K+]. The molecule has 2 aromatic rings. The van der Waals surface area contributed by atoms with E-state index in [1.807, 2.05) is 0 Å². The number of hydrogen-bond acceptors (Lipinski definition) is 4. The van der Waals surface area contributed by atoms with Crippen molar-refractivity contribution in [1.82, 2.24) is 0 Å². The maximum absolute atomic E-state index is 11.7. The predicted molar refractivity (Wildman–Crippen MR) is 104 cm³/mol. The van der Waals surface area contributed by atoms with Crippen LogP contribution in [0.3, 0.4) is 0 Å². The summed E-state index contributed by atoms with van der Waals surface area (Å²) in [6.07, 6.45) is 9.00. The molecule has 28 heavy (non-hydrogen) atoms. The van der Waals surface area contributed by atoms with Crippen molar-refractivity contribution in [2.75, 3.05) is 0 Å². The molecule has 0 aliphatic rings. The van der Waals surface area contributed by atoms with Crippen LogP contribution in [-0.4, -0.2) is 13.0 Å². The van der Waals surface area contributed by atoms with Gasteiger partial charge in [0, 0.05) is 6.07 Å². The van der Waals surface area contributed by atoms with E-state index in [0.717, 1.165) is 24.8 Å². The molecule has 0 spiro atoms. The molecule has 0 aromatic heterocycles. The number of benzene rings is 2. The van der Waals surface area contributed by atoms with Crippen LogP contribution in [0, 0.1) is 0 Å². The van der Waals surface area contributed by atoms with Crippen LogP contribution in [0.15, 0.2) is 47.4 Å². The Labute approximate surface area is 210 Å². The Balaban J connectivity index is 0.00000392. The third-order valence-corrected chi connectivity index (χ3v) is 5.26. The number of aryl methyl sites for hydroxylation is 1. The quantitative estimate of drug-likeness (QED) is 0.335. The molecule has 0 saturated carbocycles. The van der Waals surface area contributed by atoms with Gasteiger partial charge in [-0.1, -0.05) is 63.6 Å². The van der Waals surface area contributed by atoms with E-state index in [2.05, 4.69) is 6.92 Å². The van der Waals surface area contributed by atoms with Crippen molar-refractivity contribution in [2.24, 2.45) is 0 Å². The molecule has 0 saturated heterocycles. The van der Waals surface area contributed by atoms with Crippen LogP contribution in [0.5, 0.6) is 17.2 Å². The first-order valence-corrected chi connectivity index (χ1v) is 10.9. The Kier molecular flexibility index (Phi) is 11.9. The second kappa shape index (κ2) is 13.0. The van der Waals surface area contributed by atoms with Gasteiger partial charge in [-0.05, 0) is 36.6 Å².